The maximum Gasteiger partial charge on any atom is 0.337 e. The van der Waals surface area contributed by atoms with E-state index in [1.807, 2.05) is 35.2 Å². The van der Waals surface area contributed by atoms with Gasteiger partial charge in [-0.05, 0) is 86.4 Å². The van der Waals surface area contributed by atoms with Crippen molar-refractivity contribution in [3.8, 4) is 11.5 Å². The van der Waals surface area contributed by atoms with Gasteiger partial charge < -0.3 is 23.8 Å². The van der Waals surface area contributed by atoms with Crippen LogP contribution in [0.1, 0.15) is 77.2 Å². The average Bonchev–Trinajstić information content (AvgIpc) is 3.58. The third-order valence-electron chi connectivity index (χ3n) is 10.3. The molecule has 1 spiro atoms. The molecule has 3 aliphatic heterocycles. The number of fused-ring (bicyclic) bond motifs is 4. The first-order chi connectivity index (χ1) is 22.5. The molecule has 2 fully saturated rings. The van der Waals surface area contributed by atoms with Crippen molar-refractivity contribution in [3.63, 3.8) is 0 Å². The van der Waals surface area contributed by atoms with Gasteiger partial charge in [-0.3, -0.25) is 9.69 Å². The van der Waals surface area contributed by atoms with Crippen LogP contribution in [0.2, 0.25) is 0 Å². The van der Waals surface area contributed by atoms with Crippen molar-refractivity contribution in [3.05, 3.63) is 65.9 Å². The highest BCUT2D eigenvalue weighted by molar-refractivity contribution is 6.09. The van der Waals surface area contributed by atoms with Gasteiger partial charge in [0.05, 0.1) is 44.7 Å². The predicted octanol–water partition coefficient (Wildman–Crippen LogP) is 6.91. The highest BCUT2D eigenvalue weighted by atomic mass is 16.5. The molecule has 0 aliphatic carbocycles. The first-order valence-corrected chi connectivity index (χ1v) is 17.3. The van der Waals surface area contributed by atoms with Gasteiger partial charge in [0.15, 0.2) is 0 Å². The molecule has 2 saturated heterocycles. The number of ether oxygens (including phenoxy) is 4. The number of anilines is 1. The molecule has 2 aromatic rings. The summed E-state index contributed by atoms with van der Waals surface area (Å²) < 4.78 is 22.2. The van der Waals surface area contributed by atoms with Crippen molar-refractivity contribution in [2.75, 3.05) is 52.0 Å². The Morgan fingerprint density at radius 1 is 0.935 bits per heavy atom. The van der Waals surface area contributed by atoms with Gasteiger partial charge in [0.25, 0.3) is 0 Å². The van der Waals surface area contributed by atoms with Crippen LogP contribution in [0, 0.1) is 11.8 Å². The Kier molecular flexibility index (Phi) is 11.7. The summed E-state index contributed by atoms with van der Waals surface area (Å²) in [5.41, 5.74) is 2.18. The molecule has 4 atom stereocenters. The Labute approximate surface area is 275 Å². The molecule has 0 bridgehead atoms. The number of amides is 1. The minimum absolute atomic E-state index is 0.0259. The highest BCUT2D eigenvalue weighted by Crippen LogP contribution is 2.55. The van der Waals surface area contributed by atoms with Crippen LogP contribution in [0.25, 0.3) is 0 Å². The first kappa shape index (κ1) is 33.8. The number of carbonyl (C=O) groups is 2. The second-order valence-corrected chi connectivity index (χ2v) is 13.0. The van der Waals surface area contributed by atoms with Crippen LogP contribution in [0.5, 0.6) is 11.5 Å². The van der Waals surface area contributed by atoms with Gasteiger partial charge in [0.2, 0.25) is 5.91 Å². The van der Waals surface area contributed by atoms with Crippen molar-refractivity contribution in [1.82, 2.24) is 4.90 Å². The molecule has 0 radical (unpaired) electrons. The fourth-order valence-corrected chi connectivity index (χ4v) is 7.93. The SMILES string of the molecule is CCCCOc1ccc(OCCCCCCN2C(=O)[C@]3(CCN4C[C@H](CC)[C@@H](/C(=C\OC)C(=O)OC)CC43)c3ccccc32)cc1. The standard InChI is InChI=1S/C38H52N2O6/c1-5-7-23-45-29-16-18-30(19-17-29)46-24-13-9-8-12-21-40-34-15-11-10-14-33(34)38(37(40)42)20-22-39-26-28(6-2)31(25-35(38)39)32(27-43-3)36(41)44-4/h10-11,14-19,27-28,31,35H,5-9,12-13,20-26H2,1-4H3/b32-27+/t28-,31-,35?,38+/m0/s1. The summed E-state index contributed by atoms with van der Waals surface area (Å²) in [7, 11) is 2.99. The summed E-state index contributed by atoms with van der Waals surface area (Å²) in [4.78, 5) is 32.0. The number of para-hydroxylation sites is 1. The number of piperidine rings is 1. The lowest BCUT2D eigenvalue weighted by atomic mass is 9.67. The van der Waals surface area contributed by atoms with E-state index in [0.29, 0.717) is 24.6 Å². The Bertz CT molecular complexity index is 1340. The van der Waals surface area contributed by atoms with E-state index in [1.165, 1.54) is 7.11 Å². The zero-order valence-corrected chi connectivity index (χ0v) is 28.2. The normalized spacial score (nSPS) is 24.2. The summed E-state index contributed by atoms with van der Waals surface area (Å²) in [5.74, 6) is 1.89. The molecular weight excluding hydrogens is 580 g/mol. The fourth-order valence-electron chi connectivity index (χ4n) is 7.93. The van der Waals surface area contributed by atoms with Crippen molar-refractivity contribution in [2.45, 2.75) is 83.1 Å². The largest absolute Gasteiger partial charge is 0.504 e. The van der Waals surface area contributed by atoms with Crippen LogP contribution in [-0.4, -0.2) is 69.9 Å². The van der Waals surface area contributed by atoms with Gasteiger partial charge in [0, 0.05) is 24.8 Å². The number of methoxy groups -OCH3 is 2. The molecule has 5 rings (SSSR count). The summed E-state index contributed by atoms with van der Waals surface area (Å²) >= 11 is 0. The number of esters is 1. The lowest BCUT2D eigenvalue weighted by molar-refractivity contribution is -0.137. The van der Waals surface area contributed by atoms with Crippen molar-refractivity contribution < 1.29 is 28.5 Å². The molecule has 3 heterocycles. The second kappa shape index (κ2) is 15.9. The molecule has 0 aromatic heterocycles. The number of rotatable bonds is 16. The third kappa shape index (κ3) is 6.92. The molecule has 46 heavy (non-hydrogen) atoms. The predicted molar refractivity (Wildman–Crippen MR) is 180 cm³/mol. The van der Waals surface area contributed by atoms with Crippen LogP contribution in [0.4, 0.5) is 5.69 Å². The van der Waals surface area contributed by atoms with Gasteiger partial charge in [0.1, 0.15) is 11.5 Å². The number of hydrogen-bond donors (Lipinski definition) is 0. The van der Waals surface area contributed by atoms with E-state index in [2.05, 4.69) is 36.9 Å². The van der Waals surface area contributed by atoms with E-state index in [4.69, 9.17) is 18.9 Å². The fraction of sp³-hybridized carbons (Fsp3) is 0.579. The highest BCUT2D eigenvalue weighted by Gasteiger charge is 2.62. The molecule has 8 nitrogen and oxygen atoms in total. The number of benzene rings is 2. The van der Waals surface area contributed by atoms with Crippen molar-refractivity contribution >= 4 is 17.6 Å². The molecule has 8 heteroatoms. The van der Waals surface area contributed by atoms with E-state index in [1.54, 1.807) is 13.4 Å². The average molecular weight is 633 g/mol. The number of nitrogens with zero attached hydrogens (tertiary/aromatic N) is 2. The molecule has 0 N–H and O–H groups in total. The van der Waals surface area contributed by atoms with Crippen molar-refractivity contribution in [2.24, 2.45) is 11.8 Å². The molecule has 2 aromatic carbocycles. The number of unbranched alkanes of at least 4 members (excludes halogenated alkanes) is 4. The zero-order chi connectivity index (χ0) is 32.5. The minimum Gasteiger partial charge on any atom is -0.504 e. The minimum atomic E-state index is -0.591. The van der Waals surface area contributed by atoms with Crippen LogP contribution in [0.15, 0.2) is 60.4 Å². The van der Waals surface area contributed by atoms with Gasteiger partial charge in [-0.2, -0.15) is 0 Å². The lowest BCUT2D eigenvalue weighted by Crippen LogP contribution is -2.55. The first-order valence-electron chi connectivity index (χ1n) is 17.3. The van der Waals surface area contributed by atoms with Gasteiger partial charge in [-0.1, -0.05) is 57.7 Å². The molecular formula is C38H52N2O6. The van der Waals surface area contributed by atoms with Gasteiger partial charge in [-0.25, -0.2) is 4.79 Å². The number of hydrogen-bond acceptors (Lipinski definition) is 7. The molecule has 1 amide bonds. The van der Waals surface area contributed by atoms with Crippen LogP contribution in [-0.2, 0) is 24.5 Å². The quantitative estimate of drug-likeness (QED) is 0.0861. The summed E-state index contributed by atoms with van der Waals surface area (Å²) in [6.07, 6.45) is 10.2. The summed E-state index contributed by atoms with van der Waals surface area (Å²) in [6, 6.07) is 16.3. The molecule has 3 aliphatic rings. The maximum atomic E-state index is 14.5. The van der Waals surface area contributed by atoms with E-state index < -0.39 is 5.41 Å². The van der Waals surface area contributed by atoms with Crippen LogP contribution in [0.3, 0.4) is 0 Å². The van der Waals surface area contributed by atoms with E-state index in [0.717, 1.165) is 100 Å². The van der Waals surface area contributed by atoms with E-state index in [9.17, 15) is 9.59 Å². The Balaban J connectivity index is 1.18. The smallest absolute Gasteiger partial charge is 0.337 e. The number of carbonyl (C=O) groups excluding carboxylic acids is 2. The van der Waals surface area contributed by atoms with Crippen molar-refractivity contribution in [1.29, 1.82) is 0 Å². The summed E-state index contributed by atoms with van der Waals surface area (Å²) in [6.45, 7) is 8.21. The van der Waals surface area contributed by atoms with Gasteiger partial charge >= 0.3 is 5.97 Å². The zero-order valence-electron chi connectivity index (χ0n) is 28.2. The monoisotopic (exact) mass is 632 g/mol. The Morgan fingerprint density at radius 2 is 1.63 bits per heavy atom. The topological polar surface area (TPSA) is 77.5 Å². The lowest BCUT2D eigenvalue weighted by Gasteiger charge is -2.45. The van der Waals surface area contributed by atoms with Gasteiger partial charge in [-0.15, -0.1) is 0 Å². The maximum absolute atomic E-state index is 14.5. The molecule has 1 unspecified atom stereocenters. The Morgan fingerprint density at radius 3 is 2.30 bits per heavy atom. The van der Waals surface area contributed by atoms with E-state index >= 15 is 0 Å². The third-order valence-corrected chi connectivity index (χ3v) is 10.3. The Hall–Kier alpha value is -3.52. The molecule has 0 saturated carbocycles. The molecule has 250 valence electrons. The van der Waals surface area contributed by atoms with Crippen LogP contribution < -0.4 is 14.4 Å². The summed E-state index contributed by atoms with van der Waals surface area (Å²) in [5, 5.41) is 0. The second-order valence-electron chi connectivity index (χ2n) is 13.0. The van der Waals surface area contributed by atoms with Crippen LogP contribution >= 0.6 is 0 Å². The van der Waals surface area contributed by atoms with E-state index in [-0.39, 0.29) is 23.8 Å².